The van der Waals surface area contributed by atoms with Gasteiger partial charge in [0.2, 0.25) is 0 Å². The molecule has 0 unspecified atom stereocenters. The van der Waals surface area contributed by atoms with E-state index in [0.29, 0.717) is 10.5 Å². The lowest BCUT2D eigenvalue weighted by molar-refractivity contribution is 0.0895. The molecule has 0 bridgehead atoms. The Balaban J connectivity index is 1.33. The van der Waals surface area contributed by atoms with Gasteiger partial charge in [-0.1, -0.05) is 30.9 Å². The van der Waals surface area contributed by atoms with E-state index in [0.717, 1.165) is 61.4 Å². The van der Waals surface area contributed by atoms with Crippen molar-refractivity contribution in [3.8, 4) is 5.13 Å². The van der Waals surface area contributed by atoms with Gasteiger partial charge in [0.15, 0.2) is 5.13 Å². The number of imidazole rings is 1. The molecular weight excluding hydrogens is 484 g/mol. The first-order valence-corrected chi connectivity index (χ1v) is 13.7. The van der Waals surface area contributed by atoms with E-state index in [-0.39, 0.29) is 17.3 Å². The van der Waals surface area contributed by atoms with E-state index in [1.807, 2.05) is 43.3 Å². The van der Waals surface area contributed by atoms with Crippen LogP contribution >= 0.6 is 11.3 Å². The number of carbonyl (C=O) groups is 1. The highest BCUT2D eigenvalue weighted by atomic mass is 32.1. The van der Waals surface area contributed by atoms with Gasteiger partial charge < -0.3 is 15.5 Å². The highest BCUT2D eigenvalue weighted by Gasteiger charge is 2.36. The number of aryl methyl sites for hydroxylation is 1. The van der Waals surface area contributed by atoms with E-state index in [1.165, 1.54) is 24.2 Å². The third-order valence-corrected chi connectivity index (χ3v) is 8.62. The van der Waals surface area contributed by atoms with Crippen molar-refractivity contribution in [2.75, 3.05) is 26.2 Å². The minimum atomic E-state index is -0.300. The molecule has 8 nitrogen and oxygen atoms in total. The number of benzene rings is 1. The van der Waals surface area contributed by atoms with Crippen molar-refractivity contribution >= 4 is 28.3 Å². The quantitative estimate of drug-likeness (QED) is 0.483. The smallest absolute Gasteiger partial charge is 0.335 e. The summed E-state index contributed by atoms with van der Waals surface area (Å²) < 4.78 is 3.15. The average Bonchev–Trinajstić information content (AvgIpc) is 3.50. The highest BCUT2D eigenvalue weighted by Crippen LogP contribution is 2.40. The SMILES string of the molecule is C=C/C=C(\C(=C/C)NC(=O)c1csc(-n2c(=O)n(C)c3ccccc32)n1)N1CCC2(CCNCC2)CC1. The van der Waals surface area contributed by atoms with Crippen LogP contribution in [0, 0.1) is 5.41 Å². The molecule has 0 saturated carbocycles. The van der Waals surface area contributed by atoms with E-state index in [4.69, 9.17) is 0 Å². The van der Waals surface area contributed by atoms with Crippen LogP contribution in [0.3, 0.4) is 0 Å². The molecule has 5 rings (SSSR count). The van der Waals surface area contributed by atoms with Crippen LogP contribution in [0.4, 0.5) is 0 Å². The van der Waals surface area contributed by atoms with Crippen LogP contribution < -0.4 is 16.3 Å². The number of hydrogen-bond acceptors (Lipinski definition) is 6. The second-order valence-electron chi connectivity index (χ2n) is 9.86. The number of piperidine rings is 2. The van der Waals surface area contributed by atoms with Crippen LogP contribution in [-0.2, 0) is 7.05 Å². The molecule has 2 fully saturated rings. The topological polar surface area (TPSA) is 84.2 Å². The molecule has 2 aliphatic rings. The minimum absolute atomic E-state index is 0.190. The summed E-state index contributed by atoms with van der Waals surface area (Å²) in [5.74, 6) is -0.300. The summed E-state index contributed by atoms with van der Waals surface area (Å²) in [6.07, 6.45) is 10.4. The Morgan fingerprint density at radius 1 is 1.16 bits per heavy atom. The van der Waals surface area contributed by atoms with Crippen molar-refractivity contribution in [2.45, 2.75) is 32.6 Å². The lowest BCUT2D eigenvalue weighted by Gasteiger charge is -2.46. The Labute approximate surface area is 221 Å². The molecule has 2 aliphatic heterocycles. The summed E-state index contributed by atoms with van der Waals surface area (Å²) >= 11 is 1.28. The average molecular weight is 519 g/mol. The van der Waals surface area contributed by atoms with E-state index in [9.17, 15) is 9.59 Å². The van der Waals surface area contributed by atoms with Crippen LogP contribution in [0.15, 0.2) is 70.6 Å². The summed E-state index contributed by atoms with van der Waals surface area (Å²) in [6.45, 7) is 9.95. The van der Waals surface area contributed by atoms with Crippen molar-refractivity contribution in [2.24, 2.45) is 12.5 Å². The van der Waals surface area contributed by atoms with Crippen LogP contribution in [0.5, 0.6) is 0 Å². The van der Waals surface area contributed by atoms with Gasteiger partial charge in [-0.2, -0.15) is 0 Å². The molecule has 2 N–H and O–H groups in total. The first kappa shape index (κ1) is 25.2. The van der Waals surface area contributed by atoms with Crippen molar-refractivity contribution in [3.63, 3.8) is 0 Å². The number of allylic oxidation sites excluding steroid dienone is 3. The number of aromatic nitrogens is 3. The fourth-order valence-electron chi connectivity index (χ4n) is 5.58. The van der Waals surface area contributed by atoms with Gasteiger partial charge in [0, 0.05) is 25.5 Å². The Morgan fingerprint density at radius 2 is 1.86 bits per heavy atom. The Hall–Kier alpha value is -3.43. The zero-order valence-electron chi connectivity index (χ0n) is 21.5. The molecule has 2 aromatic heterocycles. The van der Waals surface area contributed by atoms with Crippen molar-refractivity contribution in [3.05, 3.63) is 82.0 Å². The zero-order valence-corrected chi connectivity index (χ0v) is 22.3. The highest BCUT2D eigenvalue weighted by molar-refractivity contribution is 7.12. The predicted octanol–water partition coefficient (Wildman–Crippen LogP) is 3.95. The van der Waals surface area contributed by atoms with Gasteiger partial charge in [-0.15, -0.1) is 11.3 Å². The molecule has 1 spiro atoms. The molecule has 0 radical (unpaired) electrons. The Bertz CT molecular complexity index is 1430. The molecule has 2 saturated heterocycles. The van der Waals surface area contributed by atoms with Gasteiger partial charge in [-0.05, 0) is 69.3 Å². The van der Waals surface area contributed by atoms with Crippen LogP contribution in [-0.4, -0.2) is 51.1 Å². The molecule has 0 atom stereocenters. The van der Waals surface area contributed by atoms with Gasteiger partial charge in [-0.3, -0.25) is 9.36 Å². The zero-order chi connectivity index (χ0) is 26.0. The molecule has 4 heterocycles. The largest absolute Gasteiger partial charge is 0.370 e. The standard InChI is InChI=1S/C28H34N6O2S/c1-4-8-22(33-17-13-28(14-18-33)11-15-29-16-12-28)20(5-2)30-25(35)21-19-37-26(31-21)34-24-10-7-6-9-23(24)32(3)27(34)36/h4-10,19,29H,1,11-18H2,2-3H3,(H,30,35)/b20-5+,22-8+. The number of nitrogens with one attached hydrogen (secondary N) is 2. The van der Waals surface area contributed by atoms with E-state index < -0.39 is 0 Å². The van der Waals surface area contributed by atoms with Crippen LogP contribution in [0.1, 0.15) is 43.1 Å². The molecule has 1 aromatic carbocycles. The number of fused-ring (bicyclic) bond motifs is 1. The normalized spacial score (nSPS) is 18.4. The summed E-state index contributed by atoms with van der Waals surface area (Å²) in [4.78, 5) is 33.1. The molecule has 1 amide bonds. The van der Waals surface area contributed by atoms with E-state index in [1.54, 1.807) is 27.6 Å². The molecule has 0 aliphatic carbocycles. The molecule has 37 heavy (non-hydrogen) atoms. The maximum atomic E-state index is 13.3. The van der Waals surface area contributed by atoms with Gasteiger partial charge in [0.1, 0.15) is 5.69 Å². The van der Waals surface area contributed by atoms with E-state index in [2.05, 4.69) is 27.1 Å². The lowest BCUT2D eigenvalue weighted by Crippen LogP contribution is -2.46. The third-order valence-electron chi connectivity index (χ3n) is 7.80. The van der Waals surface area contributed by atoms with Crippen LogP contribution in [0.25, 0.3) is 16.2 Å². The van der Waals surface area contributed by atoms with Crippen molar-refractivity contribution in [1.82, 2.24) is 29.7 Å². The van der Waals surface area contributed by atoms with Gasteiger partial charge in [0.25, 0.3) is 5.91 Å². The van der Waals surface area contributed by atoms with Crippen molar-refractivity contribution < 1.29 is 4.79 Å². The monoisotopic (exact) mass is 518 g/mol. The second-order valence-corrected chi connectivity index (χ2v) is 10.7. The molecule has 9 heteroatoms. The first-order chi connectivity index (χ1) is 18.0. The van der Waals surface area contributed by atoms with Crippen molar-refractivity contribution in [1.29, 1.82) is 0 Å². The number of thiazole rings is 1. The fourth-order valence-corrected chi connectivity index (χ4v) is 6.39. The summed E-state index contributed by atoms with van der Waals surface area (Å²) in [5.41, 5.74) is 3.82. The number of nitrogens with zero attached hydrogens (tertiary/aromatic N) is 4. The summed E-state index contributed by atoms with van der Waals surface area (Å²) in [5, 5.41) is 8.71. The third kappa shape index (κ3) is 4.81. The van der Waals surface area contributed by atoms with Gasteiger partial charge in [0.05, 0.1) is 22.4 Å². The fraction of sp³-hybridized carbons (Fsp3) is 0.393. The number of rotatable bonds is 6. The minimum Gasteiger partial charge on any atom is -0.370 e. The number of likely N-dealkylation sites (tertiary alicyclic amines) is 1. The second kappa shape index (κ2) is 10.5. The van der Waals surface area contributed by atoms with E-state index >= 15 is 0 Å². The van der Waals surface area contributed by atoms with Gasteiger partial charge >= 0.3 is 5.69 Å². The first-order valence-electron chi connectivity index (χ1n) is 12.9. The number of hydrogen-bond donors (Lipinski definition) is 2. The lowest BCUT2D eigenvalue weighted by atomic mass is 9.71. The maximum absolute atomic E-state index is 13.3. The van der Waals surface area contributed by atoms with Crippen LogP contribution in [0.2, 0.25) is 0 Å². The van der Waals surface area contributed by atoms with Gasteiger partial charge in [-0.25, -0.2) is 14.3 Å². The molecule has 194 valence electrons. The summed E-state index contributed by atoms with van der Waals surface area (Å²) in [6, 6.07) is 7.57. The predicted molar refractivity (Wildman–Crippen MR) is 149 cm³/mol. The molecular formula is C28H34N6O2S. The number of amides is 1. The number of carbonyl (C=O) groups excluding carboxylic acids is 1. The molecule has 3 aromatic rings. The summed E-state index contributed by atoms with van der Waals surface area (Å²) in [7, 11) is 1.74. The maximum Gasteiger partial charge on any atom is 0.335 e. The Kier molecular flexibility index (Phi) is 7.17. The Morgan fingerprint density at radius 3 is 2.54 bits per heavy atom. The number of para-hydroxylation sites is 2.